The largest absolute Gasteiger partial charge is 0.496 e. The molecule has 1 aromatic heterocycles. The molecule has 1 aromatic carbocycles. The predicted molar refractivity (Wildman–Crippen MR) is 87.9 cm³/mol. The van der Waals surface area contributed by atoms with Crippen molar-refractivity contribution in [3.05, 3.63) is 48.2 Å². The fourth-order valence-electron chi connectivity index (χ4n) is 2.76. The molecular weight excluding hydrogens is 292 g/mol. The molecule has 5 heteroatoms. The highest BCUT2D eigenvalue weighted by Crippen LogP contribution is 2.50. The SMILES string of the molecule is CCOc1ncccc1NC(=O)[C@@H]1C[C@H]1c1ccccc1OC. The summed E-state index contributed by atoms with van der Waals surface area (Å²) in [6.45, 7) is 2.39. The third kappa shape index (κ3) is 3.28. The fourth-order valence-corrected chi connectivity index (χ4v) is 2.76. The second-order valence-corrected chi connectivity index (χ2v) is 5.47. The molecule has 1 fully saturated rings. The first-order valence-electron chi connectivity index (χ1n) is 7.76. The number of anilines is 1. The van der Waals surface area contributed by atoms with Gasteiger partial charge in [-0.2, -0.15) is 0 Å². The highest BCUT2D eigenvalue weighted by atomic mass is 16.5. The van der Waals surface area contributed by atoms with Crippen molar-refractivity contribution in [1.82, 2.24) is 4.98 Å². The van der Waals surface area contributed by atoms with Gasteiger partial charge >= 0.3 is 0 Å². The molecule has 1 saturated carbocycles. The number of hydrogen-bond donors (Lipinski definition) is 1. The zero-order valence-corrected chi connectivity index (χ0v) is 13.3. The van der Waals surface area contributed by atoms with Gasteiger partial charge in [-0.15, -0.1) is 0 Å². The van der Waals surface area contributed by atoms with E-state index >= 15 is 0 Å². The number of pyridine rings is 1. The number of amides is 1. The van der Waals surface area contributed by atoms with Crippen LogP contribution in [0.25, 0.3) is 0 Å². The van der Waals surface area contributed by atoms with Crippen LogP contribution in [0.4, 0.5) is 5.69 Å². The molecule has 0 spiro atoms. The van der Waals surface area contributed by atoms with Crippen LogP contribution >= 0.6 is 0 Å². The van der Waals surface area contributed by atoms with E-state index in [1.54, 1.807) is 25.4 Å². The molecule has 1 N–H and O–H groups in total. The summed E-state index contributed by atoms with van der Waals surface area (Å²) in [5.74, 6) is 1.45. The van der Waals surface area contributed by atoms with Gasteiger partial charge in [0.1, 0.15) is 11.4 Å². The fraction of sp³-hybridized carbons (Fsp3) is 0.333. The van der Waals surface area contributed by atoms with Gasteiger partial charge in [-0.1, -0.05) is 18.2 Å². The smallest absolute Gasteiger partial charge is 0.237 e. The highest BCUT2D eigenvalue weighted by Gasteiger charge is 2.45. The lowest BCUT2D eigenvalue weighted by molar-refractivity contribution is -0.117. The van der Waals surface area contributed by atoms with Gasteiger partial charge < -0.3 is 14.8 Å². The molecule has 2 aromatic rings. The maximum absolute atomic E-state index is 12.5. The van der Waals surface area contributed by atoms with Crippen molar-refractivity contribution in [1.29, 1.82) is 0 Å². The van der Waals surface area contributed by atoms with E-state index in [-0.39, 0.29) is 17.7 Å². The Labute approximate surface area is 135 Å². The summed E-state index contributed by atoms with van der Waals surface area (Å²) in [5, 5.41) is 2.93. The average Bonchev–Trinajstić information content (AvgIpc) is 3.37. The molecule has 1 aliphatic carbocycles. The van der Waals surface area contributed by atoms with Crippen molar-refractivity contribution in [2.75, 3.05) is 19.0 Å². The van der Waals surface area contributed by atoms with E-state index in [9.17, 15) is 4.79 Å². The Bertz CT molecular complexity index is 702. The molecule has 3 rings (SSSR count). The highest BCUT2D eigenvalue weighted by molar-refractivity contribution is 5.96. The maximum Gasteiger partial charge on any atom is 0.237 e. The van der Waals surface area contributed by atoms with Crippen LogP contribution in [0.15, 0.2) is 42.6 Å². The third-order valence-corrected chi connectivity index (χ3v) is 3.98. The summed E-state index contributed by atoms with van der Waals surface area (Å²) >= 11 is 0. The minimum absolute atomic E-state index is 0.00476. The molecule has 0 aliphatic heterocycles. The zero-order valence-electron chi connectivity index (χ0n) is 13.3. The van der Waals surface area contributed by atoms with Gasteiger partial charge in [-0.05, 0) is 43.0 Å². The van der Waals surface area contributed by atoms with Gasteiger partial charge in [0.05, 0.1) is 13.7 Å². The van der Waals surface area contributed by atoms with Crippen LogP contribution in [0.3, 0.4) is 0 Å². The van der Waals surface area contributed by atoms with E-state index in [0.717, 1.165) is 17.7 Å². The minimum Gasteiger partial charge on any atom is -0.496 e. The molecule has 0 unspecified atom stereocenters. The van der Waals surface area contributed by atoms with Crippen molar-refractivity contribution >= 4 is 11.6 Å². The van der Waals surface area contributed by atoms with Crippen LogP contribution in [0.5, 0.6) is 11.6 Å². The van der Waals surface area contributed by atoms with Crippen LogP contribution in [-0.2, 0) is 4.79 Å². The molecule has 0 bridgehead atoms. The molecule has 1 aliphatic rings. The monoisotopic (exact) mass is 312 g/mol. The normalized spacial score (nSPS) is 19.0. The molecular formula is C18H20N2O3. The summed E-state index contributed by atoms with van der Waals surface area (Å²) in [6.07, 6.45) is 2.48. The minimum atomic E-state index is -0.0408. The van der Waals surface area contributed by atoms with Crippen LogP contribution in [0, 0.1) is 5.92 Å². The van der Waals surface area contributed by atoms with Crippen molar-refractivity contribution in [3.8, 4) is 11.6 Å². The maximum atomic E-state index is 12.5. The van der Waals surface area contributed by atoms with Gasteiger partial charge in [-0.3, -0.25) is 4.79 Å². The molecule has 0 radical (unpaired) electrons. The third-order valence-electron chi connectivity index (χ3n) is 3.98. The Morgan fingerprint density at radius 1 is 1.30 bits per heavy atom. The number of carbonyl (C=O) groups excluding carboxylic acids is 1. The van der Waals surface area contributed by atoms with Crippen LogP contribution in [0.1, 0.15) is 24.8 Å². The van der Waals surface area contributed by atoms with Crippen LogP contribution < -0.4 is 14.8 Å². The van der Waals surface area contributed by atoms with E-state index in [0.29, 0.717) is 18.2 Å². The summed E-state index contributed by atoms with van der Waals surface area (Å²) in [5.41, 5.74) is 1.70. The second kappa shape index (κ2) is 6.69. The lowest BCUT2D eigenvalue weighted by Crippen LogP contribution is -2.16. The Kier molecular flexibility index (Phi) is 4.46. The first kappa shape index (κ1) is 15.3. The number of nitrogens with zero attached hydrogens (tertiary/aromatic N) is 1. The number of hydrogen-bond acceptors (Lipinski definition) is 4. The molecule has 1 heterocycles. The van der Waals surface area contributed by atoms with E-state index in [1.807, 2.05) is 31.2 Å². The summed E-state index contributed by atoms with van der Waals surface area (Å²) in [7, 11) is 1.65. The molecule has 0 saturated heterocycles. The van der Waals surface area contributed by atoms with E-state index in [2.05, 4.69) is 10.3 Å². The quantitative estimate of drug-likeness (QED) is 0.889. The van der Waals surface area contributed by atoms with E-state index in [4.69, 9.17) is 9.47 Å². The van der Waals surface area contributed by atoms with Crippen LogP contribution in [-0.4, -0.2) is 24.6 Å². The van der Waals surface area contributed by atoms with Gasteiger partial charge in [0.25, 0.3) is 0 Å². The van der Waals surface area contributed by atoms with Crippen molar-refractivity contribution < 1.29 is 14.3 Å². The first-order chi connectivity index (χ1) is 11.2. The standard InChI is InChI=1S/C18H20N2O3/c1-3-23-18-15(8-6-10-19-18)20-17(21)14-11-13(14)12-7-4-5-9-16(12)22-2/h4-10,13-14H,3,11H2,1-2H3,(H,20,21)/t13-,14+/m0/s1. The zero-order chi connectivity index (χ0) is 16.2. The first-order valence-corrected chi connectivity index (χ1v) is 7.76. The second-order valence-electron chi connectivity index (χ2n) is 5.47. The number of benzene rings is 1. The van der Waals surface area contributed by atoms with Crippen LogP contribution in [0.2, 0.25) is 0 Å². The Hall–Kier alpha value is -2.56. The molecule has 2 atom stereocenters. The number of rotatable bonds is 6. The molecule has 1 amide bonds. The molecule has 120 valence electrons. The van der Waals surface area contributed by atoms with Crippen molar-refractivity contribution in [3.63, 3.8) is 0 Å². The lowest BCUT2D eigenvalue weighted by Gasteiger charge is -2.10. The number of nitrogens with one attached hydrogen (secondary N) is 1. The number of carbonyl (C=O) groups is 1. The predicted octanol–water partition coefficient (Wildman–Crippen LogP) is 3.23. The summed E-state index contributed by atoms with van der Waals surface area (Å²) in [4.78, 5) is 16.6. The van der Waals surface area contributed by atoms with Crippen molar-refractivity contribution in [2.24, 2.45) is 5.92 Å². The van der Waals surface area contributed by atoms with Gasteiger partial charge in [-0.25, -0.2) is 4.98 Å². The Morgan fingerprint density at radius 3 is 2.91 bits per heavy atom. The van der Waals surface area contributed by atoms with E-state index in [1.165, 1.54) is 0 Å². The van der Waals surface area contributed by atoms with Crippen molar-refractivity contribution in [2.45, 2.75) is 19.3 Å². The molecule has 23 heavy (non-hydrogen) atoms. The summed E-state index contributed by atoms with van der Waals surface area (Å²) < 4.78 is 10.8. The van der Waals surface area contributed by atoms with Gasteiger partial charge in [0.2, 0.25) is 11.8 Å². The molecule has 5 nitrogen and oxygen atoms in total. The number of methoxy groups -OCH3 is 1. The lowest BCUT2D eigenvalue weighted by atomic mass is 10.1. The summed E-state index contributed by atoms with van der Waals surface area (Å²) in [6, 6.07) is 11.4. The average molecular weight is 312 g/mol. The number of aromatic nitrogens is 1. The van der Waals surface area contributed by atoms with Gasteiger partial charge in [0.15, 0.2) is 0 Å². The Morgan fingerprint density at radius 2 is 2.13 bits per heavy atom. The Balaban J connectivity index is 1.69. The number of para-hydroxylation sites is 1. The topological polar surface area (TPSA) is 60.5 Å². The number of ether oxygens (including phenoxy) is 2. The van der Waals surface area contributed by atoms with E-state index < -0.39 is 0 Å². The van der Waals surface area contributed by atoms with Gasteiger partial charge in [0, 0.05) is 12.1 Å².